The number of aromatic nitrogens is 1. The Bertz CT molecular complexity index is 578. The SMILES string of the molecule is Cc1nc(C(C)Nc2ccccc2OC(C)C)c(C)s1. The molecule has 0 aliphatic carbocycles. The van der Waals surface area contributed by atoms with Crippen molar-refractivity contribution < 1.29 is 4.74 Å². The fourth-order valence-electron chi connectivity index (χ4n) is 2.19. The van der Waals surface area contributed by atoms with E-state index in [0.29, 0.717) is 0 Å². The first kappa shape index (κ1) is 14.9. The summed E-state index contributed by atoms with van der Waals surface area (Å²) in [7, 11) is 0. The van der Waals surface area contributed by atoms with Crippen LogP contribution < -0.4 is 10.1 Å². The van der Waals surface area contributed by atoms with E-state index in [1.165, 1.54) is 4.88 Å². The maximum Gasteiger partial charge on any atom is 0.142 e. The number of para-hydroxylation sites is 2. The van der Waals surface area contributed by atoms with Crippen LogP contribution in [0.5, 0.6) is 5.75 Å². The predicted octanol–water partition coefficient (Wildman–Crippen LogP) is 4.72. The monoisotopic (exact) mass is 290 g/mol. The molecule has 0 fully saturated rings. The summed E-state index contributed by atoms with van der Waals surface area (Å²) in [5.41, 5.74) is 2.13. The topological polar surface area (TPSA) is 34.2 Å². The number of ether oxygens (including phenoxy) is 1. The van der Waals surface area contributed by atoms with Crippen LogP contribution in [0.15, 0.2) is 24.3 Å². The number of hydrogen-bond acceptors (Lipinski definition) is 4. The van der Waals surface area contributed by atoms with Gasteiger partial charge in [-0.15, -0.1) is 11.3 Å². The third-order valence-corrected chi connectivity index (χ3v) is 3.87. The molecular weight excluding hydrogens is 268 g/mol. The van der Waals surface area contributed by atoms with Crippen molar-refractivity contribution in [2.45, 2.75) is 46.8 Å². The van der Waals surface area contributed by atoms with Crippen molar-refractivity contribution in [1.82, 2.24) is 4.98 Å². The molecule has 2 rings (SSSR count). The summed E-state index contributed by atoms with van der Waals surface area (Å²) in [4.78, 5) is 5.88. The maximum atomic E-state index is 5.84. The molecule has 0 radical (unpaired) electrons. The minimum absolute atomic E-state index is 0.163. The lowest BCUT2D eigenvalue weighted by Gasteiger charge is -2.19. The third-order valence-electron chi connectivity index (χ3n) is 2.97. The van der Waals surface area contributed by atoms with Gasteiger partial charge in [0.1, 0.15) is 5.75 Å². The minimum Gasteiger partial charge on any atom is -0.489 e. The second-order valence-corrected chi connectivity index (χ2v) is 6.61. The van der Waals surface area contributed by atoms with Crippen molar-refractivity contribution in [1.29, 1.82) is 0 Å². The predicted molar refractivity (Wildman–Crippen MR) is 85.8 cm³/mol. The van der Waals surface area contributed by atoms with Gasteiger partial charge in [0, 0.05) is 4.88 Å². The number of benzene rings is 1. The minimum atomic E-state index is 0.163. The second-order valence-electron chi connectivity index (χ2n) is 5.20. The van der Waals surface area contributed by atoms with E-state index in [4.69, 9.17) is 4.74 Å². The van der Waals surface area contributed by atoms with Crippen LogP contribution in [0.1, 0.15) is 42.4 Å². The average Bonchev–Trinajstić information content (AvgIpc) is 2.70. The van der Waals surface area contributed by atoms with E-state index in [2.05, 4.69) is 24.1 Å². The Morgan fingerprint density at radius 2 is 1.85 bits per heavy atom. The summed E-state index contributed by atoms with van der Waals surface area (Å²) in [6, 6.07) is 8.21. The standard InChI is InChI=1S/C16H22N2OS/c1-10(2)19-15-9-7-6-8-14(15)17-11(3)16-12(4)20-13(5)18-16/h6-11,17H,1-5H3. The second kappa shape index (κ2) is 6.27. The summed E-state index contributed by atoms with van der Waals surface area (Å²) in [6.07, 6.45) is 0.163. The summed E-state index contributed by atoms with van der Waals surface area (Å²) >= 11 is 1.74. The summed E-state index contributed by atoms with van der Waals surface area (Å²) in [6.45, 7) is 10.4. The molecule has 0 saturated heterocycles. The highest BCUT2D eigenvalue weighted by atomic mass is 32.1. The fourth-order valence-corrected chi connectivity index (χ4v) is 3.11. The number of nitrogens with one attached hydrogen (secondary N) is 1. The van der Waals surface area contributed by atoms with Gasteiger partial charge in [-0.2, -0.15) is 0 Å². The van der Waals surface area contributed by atoms with Crippen LogP contribution in [-0.2, 0) is 0 Å². The van der Waals surface area contributed by atoms with Gasteiger partial charge in [0.2, 0.25) is 0 Å². The van der Waals surface area contributed by atoms with Crippen LogP contribution >= 0.6 is 11.3 Å². The van der Waals surface area contributed by atoms with E-state index in [-0.39, 0.29) is 12.1 Å². The Kier molecular flexibility index (Phi) is 4.65. The molecule has 20 heavy (non-hydrogen) atoms. The molecule has 3 nitrogen and oxygen atoms in total. The van der Waals surface area contributed by atoms with Crippen LogP contribution in [0.4, 0.5) is 5.69 Å². The van der Waals surface area contributed by atoms with E-state index in [1.54, 1.807) is 11.3 Å². The largest absolute Gasteiger partial charge is 0.489 e. The first-order valence-corrected chi connectivity index (χ1v) is 7.75. The molecule has 0 aliphatic heterocycles. The van der Waals surface area contributed by atoms with Crippen molar-refractivity contribution in [3.63, 3.8) is 0 Å². The summed E-state index contributed by atoms with van der Waals surface area (Å²) in [5, 5.41) is 4.61. The van der Waals surface area contributed by atoms with E-state index >= 15 is 0 Å². The van der Waals surface area contributed by atoms with Crippen molar-refractivity contribution in [2.24, 2.45) is 0 Å². The van der Waals surface area contributed by atoms with Gasteiger partial charge in [-0.05, 0) is 46.8 Å². The Labute approximate surface area is 125 Å². The first-order chi connectivity index (χ1) is 9.47. The molecule has 0 amide bonds. The van der Waals surface area contributed by atoms with Gasteiger partial charge in [0.05, 0.1) is 28.5 Å². The molecule has 2 aromatic rings. The number of aryl methyl sites for hydroxylation is 2. The van der Waals surface area contributed by atoms with E-state index in [0.717, 1.165) is 22.1 Å². The zero-order valence-electron chi connectivity index (χ0n) is 12.7. The Morgan fingerprint density at radius 3 is 2.45 bits per heavy atom. The van der Waals surface area contributed by atoms with Gasteiger partial charge in [0.25, 0.3) is 0 Å². The highest BCUT2D eigenvalue weighted by molar-refractivity contribution is 7.11. The zero-order chi connectivity index (χ0) is 14.7. The number of thiazole rings is 1. The van der Waals surface area contributed by atoms with Crippen LogP contribution in [0, 0.1) is 13.8 Å². The van der Waals surface area contributed by atoms with E-state index in [9.17, 15) is 0 Å². The average molecular weight is 290 g/mol. The lowest BCUT2D eigenvalue weighted by atomic mass is 10.2. The molecule has 1 aromatic carbocycles. The van der Waals surface area contributed by atoms with E-state index in [1.807, 2.05) is 45.0 Å². The van der Waals surface area contributed by atoms with Crippen molar-refractivity contribution in [3.8, 4) is 5.75 Å². The Hall–Kier alpha value is -1.55. The van der Waals surface area contributed by atoms with Crippen molar-refractivity contribution in [3.05, 3.63) is 39.8 Å². The first-order valence-electron chi connectivity index (χ1n) is 6.93. The molecule has 0 bridgehead atoms. The van der Waals surface area contributed by atoms with Gasteiger partial charge in [-0.25, -0.2) is 4.98 Å². The quantitative estimate of drug-likeness (QED) is 0.865. The zero-order valence-corrected chi connectivity index (χ0v) is 13.5. The molecule has 0 aliphatic rings. The highest BCUT2D eigenvalue weighted by Gasteiger charge is 2.15. The van der Waals surface area contributed by atoms with Crippen LogP contribution in [0.2, 0.25) is 0 Å². The van der Waals surface area contributed by atoms with Crippen molar-refractivity contribution >= 4 is 17.0 Å². The molecule has 1 aromatic heterocycles. The molecule has 4 heteroatoms. The molecule has 1 atom stereocenters. The molecule has 1 N–H and O–H groups in total. The van der Waals surface area contributed by atoms with Crippen molar-refractivity contribution in [2.75, 3.05) is 5.32 Å². The number of hydrogen-bond donors (Lipinski definition) is 1. The highest BCUT2D eigenvalue weighted by Crippen LogP contribution is 2.30. The van der Waals surface area contributed by atoms with E-state index < -0.39 is 0 Å². The van der Waals surface area contributed by atoms with Gasteiger partial charge < -0.3 is 10.1 Å². The number of anilines is 1. The normalized spacial score (nSPS) is 12.5. The smallest absolute Gasteiger partial charge is 0.142 e. The van der Waals surface area contributed by atoms with Crippen LogP contribution in [0.3, 0.4) is 0 Å². The molecule has 0 saturated carbocycles. The molecule has 108 valence electrons. The van der Waals surface area contributed by atoms with Crippen LogP contribution in [0.25, 0.3) is 0 Å². The van der Waals surface area contributed by atoms with Gasteiger partial charge in [0.15, 0.2) is 0 Å². The lowest BCUT2D eigenvalue weighted by molar-refractivity contribution is 0.243. The third kappa shape index (κ3) is 3.51. The van der Waals surface area contributed by atoms with Gasteiger partial charge >= 0.3 is 0 Å². The Morgan fingerprint density at radius 1 is 1.15 bits per heavy atom. The lowest BCUT2D eigenvalue weighted by Crippen LogP contribution is -2.12. The Balaban J connectivity index is 2.19. The number of rotatable bonds is 5. The van der Waals surface area contributed by atoms with Gasteiger partial charge in [-0.1, -0.05) is 12.1 Å². The van der Waals surface area contributed by atoms with Gasteiger partial charge in [-0.3, -0.25) is 0 Å². The molecule has 0 spiro atoms. The summed E-state index contributed by atoms with van der Waals surface area (Å²) < 4.78 is 5.84. The number of nitrogens with zero attached hydrogens (tertiary/aromatic N) is 1. The molecule has 1 unspecified atom stereocenters. The fraction of sp³-hybridized carbons (Fsp3) is 0.438. The maximum absolute atomic E-state index is 5.84. The summed E-state index contributed by atoms with van der Waals surface area (Å²) in [5.74, 6) is 0.888. The van der Waals surface area contributed by atoms with Crippen LogP contribution in [-0.4, -0.2) is 11.1 Å². The molecular formula is C16H22N2OS. The molecule has 1 heterocycles.